The van der Waals surface area contributed by atoms with Gasteiger partial charge in [0.25, 0.3) is 15.7 Å². The molecule has 2 heterocycles. The Balaban J connectivity index is 1.76. The van der Waals surface area contributed by atoms with Crippen molar-refractivity contribution in [3.05, 3.63) is 51.9 Å². The molecule has 25 heavy (non-hydrogen) atoms. The van der Waals surface area contributed by atoms with Gasteiger partial charge in [0, 0.05) is 24.4 Å². The number of benzene rings is 1. The van der Waals surface area contributed by atoms with E-state index in [9.17, 15) is 23.3 Å². The molecule has 0 spiro atoms. The van der Waals surface area contributed by atoms with E-state index in [1.54, 1.807) is 11.4 Å². The summed E-state index contributed by atoms with van der Waals surface area (Å²) in [6.07, 6.45) is 1.03. The first-order valence-corrected chi connectivity index (χ1v) is 9.82. The molecule has 8 nitrogen and oxygen atoms in total. The predicted octanol–water partition coefficient (Wildman–Crippen LogP) is 2.45. The summed E-state index contributed by atoms with van der Waals surface area (Å²) in [6.45, 7) is 0.290. The second-order valence-electron chi connectivity index (χ2n) is 5.50. The fraction of sp³-hybridized carbons (Fsp3) is 0.267. The van der Waals surface area contributed by atoms with Crippen molar-refractivity contribution in [2.75, 3.05) is 11.9 Å². The van der Waals surface area contributed by atoms with Crippen molar-refractivity contribution in [1.82, 2.24) is 4.31 Å². The molecular weight excluding hydrogens is 366 g/mol. The molecule has 1 saturated heterocycles. The number of nitro benzene ring substituents is 1. The third-order valence-electron chi connectivity index (χ3n) is 3.91. The Hall–Kier alpha value is -2.30. The topological polar surface area (TPSA) is 110 Å². The van der Waals surface area contributed by atoms with Crippen molar-refractivity contribution < 1.29 is 18.1 Å². The summed E-state index contributed by atoms with van der Waals surface area (Å²) >= 11 is 1.11. The van der Waals surface area contributed by atoms with Gasteiger partial charge in [-0.1, -0.05) is 6.07 Å². The number of nitrogens with one attached hydrogen (secondary N) is 1. The molecule has 0 unspecified atom stereocenters. The third-order valence-corrected chi connectivity index (χ3v) is 7.19. The van der Waals surface area contributed by atoms with Crippen molar-refractivity contribution in [3.8, 4) is 0 Å². The molecule has 10 heteroatoms. The number of carbonyl (C=O) groups excluding carboxylic acids is 1. The number of non-ortho nitro benzene ring substituents is 1. The van der Waals surface area contributed by atoms with Gasteiger partial charge in [0.1, 0.15) is 10.3 Å². The largest absolute Gasteiger partial charge is 0.325 e. The molecule has 2 aromatic rings. The van der Waals surface area contributed by atoms with Gasteiger partial charge in [0.15, 0.2) is 0 Å². The molecule has 0 radical (unpaired) electrons. The SMILES string of the molecule is O=C(Nc1ccc([N+](=O)[O-])cc1)[C@H]1CCCN1S(=O)(=O)c1cccs1. The van der Waals surface area contributed by atoms with Crippen LogP contribution in [0.5, 0.6) is 0 Å². The van der Waals surface area contributed by atoms with E-state index < -0.39 is 26.9 Å². The van der Waals surface area contributed by atoms with Crippen LogP contribution in [0.15, 0.2) is 46.0 Å². The lowest BCUT2D eigenvalue weighted by atomic mass is 10.2. The van der Waals surface area contributed by atoms with Crippen molar-refractivity contribution in [3.63, 3.8) is 0 Å². The van der Waals surface area contributed by atoms with Crippen molar-refractivity contribution in [2.45, 2.75) is 23.1 Å². The number of thiophene rings is 1. The number of hydrogen-bond acceptors (Lipinski definition) is 6. The number of amides is 1. The van der Waals surface area contributed by atoms with Crippen molar-refractivity contribution in [2.24, 2.45) is 0 Å². The zero-order valence-electron chi connectivity index (χ0n) is 13.0. The number of anilines is 1. The molecule has 3 rings (SSSR count). The highest BCUT2D eigenvalue weighted by Crippen LogP contribution is 2.29. The van der Waals surface area contributed by atoms with Gasteiger partial charge in [-0.3, -0.25) is 14.9 Å². The lowest BCUT2D eigenvalue weighted by Gasteiger charge is -2.22. The maximum Gasteiger partial charge on any atom is 0.269 e. The highest BCUT2D eigenvalue weighted by molar-refractivity contribution is 7.91. The molecule has 1 fully saturated rings. The molecule has 0 saturated carbocycles. The summed E-state index contributed by atoms with van der Waals surface area (Å²) in [6, 6.07) is 7.78. The van der Waals surface area contributed by atoms with E-state index in [0.29, 0.717) is 25.1 Å². The lowest BCUT2D eigenvalue weighted by molar-refractivity contribution is -0.384. The standard InChI is InChI=1S/C15H15N3O5S2/c19-15(16-11-5-7-12(8-6-11)18(20)21)13-3-1-9-17(13)25(22,23)14-4-2-10-24-14/h2,4-8,10,13H,1,3,9H2,(H,16,19)/t13-/m1/s1. The monoisotopic (exact) mass is 381 g/mol. The Bertz CT molecular complexity index is 878. The van der Waals surface area contributed by atoms with Crippen LogP contribution in [0.2, 0.25) is 0 Å². The minimum atomic E-state index is -3.70. The zero-order chi connectivity index (χ0) is 18.0. The third kappa shape index (κ3) is 3.55. The first-order valence-electron chi connectivity index (χ1n) is 7.50. The molecule has 0 aliphatic carbocycles. The smallest absolute Gasteiger partial charge is 0.269 e. The highest BCUT2D eigenvalue weighted by atomic mass is 32.2. The second kappa shape index (κ2) is 6.90. The quantitative estimate of drug-likeness (QED) is 0.632. The first kappa shape index (κ1) is 17.5. The van der Waals surface area contributed by atoms with E-state index in [1.165, 1.54) is 34.6 Å². The minimum absolute atomic E-state index is 0.0826. The fourth-order valence-electron chi connectivity index (χ4n) is 2.71. The Morgan fingerprint density at radius 3 is 2.60 bits per heavy atom. The molecule has 132 valence electrons. The van der Waals surface area contributed by atoms with Crippen LogP contribution in [0, 0.1) is 10.1 Å². The fourth-order valence-corrected chi connectivity index (χ4v) is 5.48. The molecule has 1 aliphatic heterocycles. The average molecular weight is 381 g/mol. The van der Waals surface area contributed by atoms with E-state index in [0.717, 1.165) is 11.3 Å². The van der Waals surface area contributed by atoms with E-state index in [4.69, 9.17) is 0 Å². The van der Waals surface area contributed by atoms with Crippen LogP contribution in [0.1, 0.15) is 12.8 Å². The molecule has 0 bridgehead atoms. The molecule has 1 aliphatic rings. The highest BCUT2D eigenvalue weighted by Gasteiger charge is 2.39. The van der Waals surface area contributed by atoms with Gasteiger partial charge in [-0.2, -0.15) is 4.31 Å². The number of rotatable bonds is 5. The average Bonchev–Trinajstić information content (AvgIpc) is 3.27. The van der Waals surface area contributed by atoms with Crippen LogP contribution in [0.3, 0.4) is 0 Å². The van der Waals surface area contributed by atoms with Gasteiger partial charge < -0.3 is 5.32 Å². The number of carbonyl (C=O) groups is 1. The molecule has 1 aromatic carbocycles. The number of hydrogen-bond donors (Lipinski definition) is 1. The Labute approximate surface area is 148 Å². The van der Waals surface area contributed by atoms with Gasteiger partial charge in [-0.05, 0) is 36.4 Å². The summed E-state index contributed by atoms with van der Waals surface area (Å²) in [5.74, 6) is -0.438. The summed E-state index contributed by atoms with van der Waals surface area (Å²) in [5, 5.41) is 15.0. The Morgan fingerprint density at radius 2 is 2.00 bits per heavy atom. The van der Waals surface area contributed by atoms with Crippen LogP contribution in [0.25, 0.3) is 0 Å². The summed E-state index contributed by atoms with van der Waals surface area (Å²) in [4.78, 5) is 22.6. The number of sulfonamides is 1. The molecule has 1 aromatic heterocycles. The Kier molecular flexibility index (Phi) is 4.84. The number of nitrogens with zero attached hydrogens (tertiary/aromatic N) is 2. The zero-order valence-corrected chi connectivity index (χ0v) is 14.6. The molecular formula is C15H15N3O5S2. The van der Waals surface area contributed by atoms with Gasteiger partial charge in [-0.15, -0.1) is 11.3 Å². The Morgan fingerprint density at radius 1 is 1.28 bits per heavy atom. The van der Waals surface area contributed by atoms with E-state index in [2.05, 4.69) is 5.32 Å². The summed E-state index contributed by atoms with van der Waals surface area (Å²) in [7, 11) is -3.70. The molecule has 1 N–H and O–H groups in total. The van der Waals surface area contributed by atoms with Crippen LogP contribution in [-0.2, 0) is 14.8 Å². The van der Waals surface area contributed by atoms with Gasteiger partial charge in [0.2, 0.25) is 5.91 Å². The number of nitro groups is 1. The molecule has 1 atom stereocenters. The van der Waals surface area contributed by atoms with Crippen molar-refractivity contribution in [1.29, 1.82) is 0 Å². The predicted molar refractivity (Wildman–Crippen MR) is 93.0 cm³/mol. The maximum absolute atomic E-state index is 12.7. The van der Waals surface area contributed by atoms with Crippen LogP contribution in [0.4, 0.5) is 11.4 Å². The summed E-state index contributed by atoms with van der Waals surface area (Å²) < 4.78 is 26.8. The van der Waals surface area contributed by atoms with E-state index in [1.807, 2.05) is 0 Å². The second-order valence-corrected chi connectivity index (χ2v) is 8.56. The van der Waals surface area contributed by atoms with Gasteiger partial charge in [0.05, 0.1) is 4.92 Å². The maximum atomic E-state index is 12.7. The minimum Gasteiger partial charge on any atom is -0.325 e. The van der Waals surface area contributed by atoms with Gasteiger partial charge >= 0.3 is 0 Å². The van der Waals surface area contributed by atoms with Crippen LogP contribution < -0.4 is 5.32 Å². The first-order chi connectivity index (χ1) is 11.9. The van der Waals surface area contributed by atoms with Crippen LogP contribution in [-0.4, -0.2) is 36.1 Å². The van der Waals surface area contributed by atoms with Crippen LogP contribution >= 0.6 is 11.3 Å². The lowest BCUT2D eigenvalue weighted by Crippen LogP contribution is -2.42. The normalized spacial score (nSPS) is 18.2. The molecule has 1 amide bonds. The van der Waals surface area contributed by atoms with E-state index in [-0.39, 0.29) is 9.90 Å². The van der Waals surface area contributed by atoms with Gasteiger partial charge in [-0.25, -0.2) is 8.42 Å². The van der Waals surface area contributed by atoms with E-state index >= 15 is 0 Å². The summed E-state index contributed by atoms with van der Waals surface area (Å²) in [5.41, 5.74) is 0.303. The van der Waals surface area contributed by atoms with Crippen molar-refractivity contribution >= 4 is 38.6 Å².